The van der Waals surface area contributed by atoms with Crippen molar-refractivity contribution in [3.05, 3.63) is 75.8 Å². The maximum Gasteiger partial charge on any atom is 0.270 e. The summed E-state index contributed by atoms with van der Waals surface area (Å²) in [7, 11) is 0. The second kappa shape index (κ2) is 6.95. The number of hydrogen-bond donors (Lipinski definition) is 0. The van der Waals surface area contributed by atoms with E-state index in [9.17, 15) is 14.9 Å². The number of hydrogen-bond acceptors (Lipinski definition) is 3. The number of nitrogens with zero attached hydrogens (tertiary/aromatic N) is 1. The molecule has 4 nitrogen and oxygen atoms in total. The predicted octanol–water partition coefficient (Wildman–Crippen LogP) is 4.68. The monoisotopic (exact) mass is 411 g/mol. The summed E-state index contributed by atoms with van der Waals surface area (Å²) in [6.45, 7) is 0. The van der Waals surface area contributed by atoms with Gasteiger partial charge in [0.25, 0.3) is 5.69 Å². The second-order valence-electron chi connectivity index (χ2n) is 4.39. The number of nitro benzene ring substituents is 1. The van der Waals surface area contributed by atoms with E-state index in [4.69, 9.17) is 0 Å². The Morgan fingerprint density at radius 2 is 1.71 bits per heavy atom. The minimum atomic E-state index is -0.512. The molecule has 21 heavy (non-hydrogen) atoms. The van der Waals surface area contributed by atoms with E-state index in [-0.39, 0.29) is 16.3 Å². The van der Waals surface area contributed by atoms with Crippen molar-refractivity contribution in [2.45, 2.75) is 9.65 Å². The third-order valence-corrected chi connectivity index (χ3v) is 5.68. The van der Waals surface area contributed by atoms with Gasteiger partial charge in [-0.3, -0.25) is 14.9 Å². The molecule has 0 radical (unpaired) electrons. The highest BCUT2D eigenvalue weighted by Gasteiger charge is 2.26. The fraction of sp³-hybridized carbons (Fsp3) is 0.133. The predicted molar refractivity (Wildman–Crippen MR) is 88.3 cm³/mol. The van der Waals surface area contributed by atoms with Crippen LogP contribution in [0.3, 0.4) is 0 Å². The topological polar surface area (TPSA) is 60.2 Å². The van der Waals surface area contributed by atoms with Gasteiger partial charge in [-0.2, -0.15) is 0 Å². The van der Waals surface area contributed by atoms with Crippen molar-refractivity contribution in [2.75, 3.05) is 0 Å². The maximum atomic E-state index is 12.4. The van der Waals surface area contributed by atoms with Crippen LogP contribution in [0.1, 0.15) is 20.7 Å². The van der Waals surface area contributed by atoms with Crippen LogP contribution in [-0.2, 0) is 0 Å². The van der Waals surface area contributed by atoms with E-state index in [0.29, 0.717) is 5.56 Å². The molecule has 0 aliphatic carbocycles. The van der Waals surface area contributed by atoms with Gasteiger partial charge in [0, 0.05) is 17.7 Å². The first kappa shape index (κ1) is 15.9. The van der Waals surface area contributed by atoms with Gasteiger partial charge < -0.3 is 0 Å². The Bertz CT molecular complexity index is 661. The normalized spacial score (nSPS) is 13.4. The first-order valence-corrected chi connectivity index (χ1v) is 7.95. The van der Waals surface area contributed by atoms with Crippen molar-refractivity contribution in [1.82, 2.24) is 0 Å². The van der Waals surface area contributed by atoms with E-state index in [0.717, 1.165) is 5.56 Å². The number of nitro groups is 1. The molecule has 0 heterocycles. The number of Topliss-reactive ketones (excluding diaryl/α,β-unsaturated/α-hetero) is 1. The summed E-state index contributed by atoms with van der Waals surface area (Å²) < 4.78 is 0. The lowest BCUT2D eigenvalue weighted by molar-refractivity contribution is -0.384. The Morgan fingerprint density at radius 3 is 2.33 bits per heavy atom. The zero-order chi connectivity index (χ0) is 15.4. The molecule has 0 aliphatic heterocycles. The second-order valence-corrected chi connectivity index (χ2v) is 6.36. The molecule has 0 spiro atoms. The molecule has 2 aromatic rings. The van der Waals surface area contributed by atoms with Gasteiger partial charge in [0.05, 0.1) is 14.6 Å². The molecule has 2 atom stereocenters. The summed E-state index contributed by atoms with van der Waals surface area (Å²) in [6, 6.07) is 15.2. The van der Waals surface area contributed by atoms with Crippen LogP contribution in [0.5, 0.6) is 0 Å². The molecule has 108 valence electrons. The van der Waals surface area contributed by atoms with Crippen molar-refractivity contribution < 1.29 is 9.72 Å². The molecule has 0 fully saturated rings. The lowest BCUT2D eigenvalue weighted by atomic mass is 10.0. The lowest BCUT2D eigenvalue weighted by Gasteiger charge is -2.16. The van der Waals surface area contributed by atoms with Crippen molar-refractivity contribution in [2.24, 2.45) is 0 Å². The minimum Gasteiger partial charge on any atom is -0.293 e. The number of alkyl halides is 2. The molecule has 0 aromatic heterocycles. The molecule has 0 saturated carbocycles. The first-order valence-electron chi connectivity index (χ1n) is 6.12. The van der Waals surface area contributed by atoms with Crippen LogP contribution in [0.4, 0.5) is 5.69 Å². The van der Waals surface area contributed by atoms with Crippen molar-refractivity contribution in [3.8, 4) is 0 Å². The highest BCUT2D eigenvalue weighted by Crippen LogP contribution is 2.33. The maximum absolute atomic E-state index is 12.4. The number of carbonyl (C=O) groups is 1. The summed E-state index contributed by atoms with van der Waals surface area (Å²) in [5, 5.41) is 10.8. The highest BCUT2D eigenvalue weighted by atomic mass is 79.9. The molecular formula is C15H11Br2NO3. The van der Waals surface area contributed by atoms with Crippen LogP contribution in [-0.4, -0.2) is 15.5 Å². The molecule has 0 saturated heterocycles. The molecule has 0 aliphatic rings. The van der Waals surface area contributed by atoms with E-state index in [2.05, 4.69) is 31.9 Å². The van der Waals surface area contributed by atoms with Gasteiger partial charge in [0.2, 0.25) is 0 Å². The van der Waals surface area contributed by atoms with Crippen LogP contribution < -0.4 is 0 Å². The van der Waals surface area contributed by atoms with Gasteiger partial charge in [-0.25, -0.2) is 0 Å². The number of benzene rings is 2. The van der Waals surface area contributed by atoms with Crippen LogP contribution in [0, 0.1) is 10.1 Å². The van der Waals surface area contributed by atoms with Gasteiger partial charge in [0.1, 0.15) is 0 Å². The van der Waals surface area contributed by atoms with Gasteiger partial charge in [-0.05, 0) is 5.56 Å². The number of non-ortho nitro benzene ring substituents is 1. The Labute approximate surface area is 138 Å². The average molecular weight is 413 g/mol. The average Bonchev–Trinajstić information content (AvgIpc) is 2.53. The lowest BCUT2D eigenvalue weighted by Crippen LogP contribution is -2.19. The molecule has 2 rings (SSSR count). The summed E-state index contributed by atoms with van der Waals surface area (Å²) in [6.07, 6.45) is 0. The molecule has 0 amide bonds. The Kier molecular flexibility index (Phi) is 5.25. The van der Waals surface area contributed by atoms with Gasteiger partial charge >= 0.3 is 0 Å². The standard InChI is InChI=1S/C15H11Br2NO3/c16-13(10-5-2-1-3-6-10)14(17)15(19)11-7-4-8-12(9-11)18(20)21/h1-9,13-14H. The smallest absolute Gasteiger partial charge is 0.270 e. The van der Waals surface area contributed by atoms with E-state index in [1.54, 1.807) is 6.07 Å². The van der Waals surface area contributed by atoms with E-state index >= 15 is 0 Å². The summed E-state index contributed by atoms with van der Waals surface area (Å²) >= 11 is 6.87. The summed E-state index contributed by atoms with van der Waals surface area (Å²) in [5.41, 5.74) is 1.18. The van der Waals surface area contributed by atoms with Crippen molar-refractivity contribution >= 4 is 43.3 Å². The van der Waals surface area contributed by atoms with Gasteiger partial charge in [-0.15, -0.1) is 0 Å². The number of ketones is 1. The van der Waals surface area contributed by atoms with E-state index < -0.39 is 9.75 Å². The number of halogens is 2. The Morgan fingerprint density at radius 1 is 1.05 bits per heavy atom. The van der Waals surface area contributed by atoms with Crippen LogP contribution in [0.15, 0.2) is 54.6 Å². The minimum absolute atomic E-state index is 0.0913. The molecule has 0 N–H and O–H groups in total. The quantitative estimate of drug-likeness (QED) is 0.310. The van der Waals surface area contributed by atoms with Crippen LogP contribution in [0.25, 0.3) is 0 Å². The van der Waals surface area contributed by atoms with E-state index in [1.165, 1.54) is 18.2 Å². The van der Waals surface area contributed by atoms with Crippen LogP contribution >= 0.6 is 31.9 Å². The summed E-state index contributed by atoms with van der Waals surface area (Å²) in [5.74, 6) is -0.204. The number of rotatable bonds is 5. The third kappa shape index (κ3) is 3.77. The summed E-state index contributed by atoms with van der Waals surface area (Å²) in [4.78, 5) is 22.0. The highest BCUT2D eigenvalue weighted by molar-refractivity contribution is 9.12. The third-order valence-electron chi connectivity index (χ3n) is 2.97. The Hall–Kier alpha value is -1.53. The Balaban J connectivity index is 2.23. The molecule has 0 bridgehead atoms. The fourth-order valence-electron chi connectivity index (χ4n) is 1.87. The molecule has 6 heteroatoms. The van der Waals surface area contributed by atoms with Crippen molar-refractivity contribution in [3.63, 3.8) is 0 Å². The molecular weight excluding hydrogens is 402 g/mol. The largest absolute Gasteiger partial charge is 0.293 e. The van der Waals surface area contributed by atoms with Crippen LogP contribution in [0.2, 0.25) is 0 Å². The van der Waals surface area contributed by atoms with Crippen molar-refractivity contribution in [1.29, 1.82) is 0 Å². The fourth-order valence-corrected chi connectivity index (χ4v) is 2.99. The molecule has 2 unspecified atom stereocenters. The van der Waals surface area contributed by atoms with Gasteiger partial charge in [0.15, 0.2) is 5.78 Å². The zero-order valence-corrected chi connectivity index (χ0v) is 14.0. The number of carbonyl (C=O) groups excluding carboxylic acids is 1. The van der Waals surface area contributed by atoms with E-state index in [1.807, 2.05) is 30.3 Å². The molecule has 2 aromatic carbocycles. The SMILES string of the molecule is O=C(c1cccc([N+](=O)[O-])c1)C(Br)C(Br)c1ccccc1. The van der Waals surface area contributed by atoms with Gasteiger partial charge in [-0.1, -0.05) is 74.3 Å². The zero-order valence-electron chi connectivity index (χ0n) is 10.8. The first-order chi connectivity index (χ1) is 10.0.